The predicted molar refractivity (Wildman–Crippen MR) is 89.4 cm³/mol. The van der Waals surface area contributed by atoms with Crippen LogP contribution in [0.25, 0.3) is 0 Å². The molecule has 0 aliphatic carbocycles. The highest BCUT2D eigenvalue weighted by Gasteiger charge is 2.23. The molecule has 1 aromatic carbocycles. The number of carbonyl (C=O) groups is 1. The third kappa shape index (κ3) is 3.05. The highest BCUT2D eigenvalue weighted by atomic mass is 32.2. The molecule has 0 unspecified atom stereocenters. The fourth-order valence-corrected chi connectivity index (χ4v) is 4.16. The minimum absolute atomic E-state index is 0.205. The molecule has 21 heavy (non-hydrogen) atoms. The van der Waals surface area contributed by atoms with E-state index in [0.717, 1.165) is 56.3 Å². The van der Waals surface area contributed by atoms with E-state index >= 15 is 0 Å². The van der Waals surface area contributed by atoms with Crippen LogP contribution in [0.5, 0.6) is 0 Å². The van der Waals surface area contributed by atoms with Crippen LogP contribution in [0.2, 0.25) is 0 Å². The van der Waals surface area contributed by atoms with Crippen molar-refractivity contribution in [1.29, 1.82) is 0 Å². The zero-order valence-electron chi connectivity index (χ0n) is 13.0. The summed E-state index contributed by atoms with van der Waals surface area (Å²) in [4.78, 5) is 18.4. The first-order valence-corrected chi connectivity index (χ1v) is 8.98. The van der Waals surface area contributed by atoms with E-state index in [2.05, 4.69) is 30.9 Å². The lowest BCUT2D eigenvalue weighted by atomic mass is 9.98. The Balaban J connectivity index is 1.81. The van der Waals surface area contributed by atoms with Gasteiger partial charge < -0.3 is 9.80 Å². The third-order valence-electron chi connectivity index (χ3n) is 4.62. The molecule has 2 aliphatic heterocycles. The molecule has 1 amide bonds. The number of amides is 1. The number of benzene rings is 1. The molecule has 0 spiro atoms. The lowest BCUT2D eigenvalue weighted by molar-refractivity contribution is 0.0697. The Morgan fingerprint density at radius 3 is 2.76 bits per heavy atom. The van der Waals surface area contributed by atoms with Gasteiger partial charge in [0.2, 0.25) is 0 Å². The van der Waals surface area contributed by atoms with Gasteiger partial charge in [-0.2, -0.15) is 0 Å². The molecule has 114 valence electrons. The van der Waals surface area contributed by atoms with Crippen molar-refractivity contribution in [3.8, 4) is 0 Å². The molecule has 2 heterocycles. The Morgan fingerprint density at radius 1 is 1.29 bits per heavy atom. The molecule has 1 fully saturated rings. The van der Waals surface area contributed by atoms with Crippen LogP contribution in [0, 0.1) is 5.92 Å². The normalized spacial score (nSPS) is 19.5. The van der Waals surface area contributed by atoms with E-state index in [9.17, 15) is 4.79 Å². The van der Waals surface area contributed by atoms with Crippen molar-refractivity contribution in [2.24, 2.45) is 5.92 Å². The highest BCUT2D eigenvalue weighted by Crippen LogP contribution is 2.35. The Morgan fingerprint density at radius 2 is 2.05 bits per heavy atom. The molecule has 3 rings (SSSR count). The SMILES string of the molecule is CCN1CCSc2ccc(C(=O)N3CCC(C)CC3)cc21. The molecule has 1 aromatic rings. The fraction of sp³-hybridized carbons (Fsp3) is 0.588. The maximum Gasteiger partial charge on any atom is 0.253 e. The topological polar surface area (TPSA) is 23.6 Å². The molecule has 2 aliphatic rings. The second kappa shape index (κ2) is 6.30. The first-order chi connectivity index (χ1) is 10.2. The largest absolute Gasteiger partial charge is 0.370 e. The van der Waals surface area contributed by atoms with Gasteiger partial charge in [-0.05, 0) is 43.9 Å². The van der Waals surface area contributed by atoms with Crippen molar-refractivity contribution in [3.05, 3.63) is 23.8 Å². The van der Waals surface area contributed by atoms with Crippen LogP contribution in [0.1, 0.15) is 37.0 Å². The molecule has 0 radical (unpaired) electrons. The van der Waals surface area contributed by atoms with Crippen LogP contribution < -0.4 is 4.90 Å². The van der Waals surface area contributed by atoms with E-state index in [1.165, 1.54) is 10.6 Å². The summed E-state index contributed by atoms with van der Waals surface area (Å²) in [7, 11) is 0. The van der Waals surface area contributed by atoms with Crippen molar-refractivity contribution in [2.75, 3.05) is 36.8 Å². The van der Waals surface area contributed by atoms with Gasteiger partial charge in [0.1, 0.15) is 0 Å². The first kappa shape index (κ1) is 14.8. The van der Waals surface area contributed by atoms with Crippen LogP contribution >= 0.6 is 11.8 Å². The Bertz CT molecular complexity index is 524. The number of piperidine rings is 1. The maximum atomic E-state index is 12.7. The van der Waals surface area contributed by atoms with Gasteiger partial charge in [0.15, 0.2) is 0 Å². The molecule has 0 aromatic heterocycles. The van der Waals surface area contributed by atoms with Gasteiger partial charge >= 0.3 is 0 Å². The minimum atomic E-state index is 0.205. The number of fused-ring (bicyclic) bond motifs is 1. The minimum Gasteiger partial charge on any atom is -0.370 e. The quantitative estimate of drug-likeness (QED) is 0.835. The summed E-state index contributed by atoms with van der Waals surface area (Å²) < 4.78 is 0. The van der Waals surface area contributed by atoms with E-state index in [4.69, 9.17) is 0 Å². The lowest BCUT2D eigenvalue weighted by Crippen LogP contribution is -2.38. The van der Waals surface area contributed by atoms with Crippen molar-refractivity contribution >= 4 is 23.4 Å². The summed E-state index contributed by atoms with van der Waals surface area (Å²) in [5.74, 6) is 2.10. The van der Waals surface area contributed by atoms with E-state index in [-0.39, 0.29) is 5.91 Å². The number of likely N-dealkylation sites (tertiary alicyclic amines) is 1. The van der Waals surface area contributed by atoms with Gasteiger partial charge in [-0.1, -0.05) is 6.92 Å². The third-order valence-corrected chi connectivity index (χ3v) is 5.66. The molecule has 0 bridgehead atoms. The molecular weight excluding hydrogens is 280 g/mol. The number of hydrogen-bond donors (Lipinski definition) is 0. The van der Waals surface area contributed by atoms with Crippen molar-refractivity contribution in [3.63, 3.8) is 0 Å². The number of carbonyl (C=O) groups excluding carboxylic acids is 1. The summed E-state index contributed by atoms with van der Waals surface area (Å²) in [6.45, 7) is 8.35. The summed E-state index contributed by atoms with van der Waals surface area (Å²) in [5.41, 5.74) is 2.09. The Hall–Kier alpha value is -1.16. The second-order valence-electron chi connectivity index (χ2n) is 6.09. The number of nitrogens with zero attached hydrogens (tertiary/aromatic N) is 2. The van der Waals surface area contributed by atoms with Crippen LogP contribution in [0.4, 0.5) is 5.69 Å². The lowest BCUT2D eigenvalue weighted by Gasteiger charge is -2.32. The molecular formula is C17H24N2OS. The molecule has 1 saturated heterocycles. The smallest absolute Gasteiger partial charge is 0.253 e. The van der Waals surface area contributed by atoms with Gasteiger partial charge in [-0.3, -0.25) is 4.79 Å². The number of anilines is 1. The van der Waals surface area contributed by atoms with E-state index in [1.54, 1.807) is 0 Å². The summed E-state index contributed by atoms with van der Waals surface area (Å²) in [6, 6.07) is 6.23. The summed E-state index contributed by atoms with van der Waals surface area (Å²) in [5, 5.41) is 0. The number of thioether (sulfide) groups is 1. The molecule has 0 atom stereocenters. The van der Waals surface area contributed by atoms with Crippen molar-refractivity contribution in [2.45, 2.75) is 31.6 Å². The number of hydrogen-bond acceptors (Lipinski definition) is 3. The number of rotatable bonds is 2. The van der Waals surface area contributed by atoms with E-state index < -0.39 is 0 Å². The zero-order chi connectivity index (χ0) is 14.8. The highest BCUT2D eigenvalue weighted by molar-refractivity contribution is 7.99. The maximum absolute atomic E-state index is 12.7. The van der Waals surface area contributed by atoms with Crippen LogP contribution in [-0.4, -0.2) is 42.7 Å². The standard InChI is InChI=1S/C17H24N2OS/c1-3-18-10-11-21-16-5-4-14(12-15(16)18)17(20)19-8-6-13(2)7-9-19/h4-5,12-13H,3,6-11H2,1-2H3. The van der Waals surface area contributed by atoms with Gasteiger partial charge in [0.25, 0.3) is 5.91 Å². The van der Waals surface area contributed by atoms with Crippen LogP contribution in [0.15, 0.2) is 23.1 Å². The predicted octanol–water partition coefficient (Wildman–Crippen LogP) is 3.49. The fourth-order valence-electron chi connectivity index (χ4n) is 3.13. The van der Waals surface area contributed by atoms with Gasteiger partial charge in [-0.25, -0.2) is 0 Å². The molecule has 0 saturated carbocycles. The van der Waals surface area contributed by atoms with E-state index in [0.29, 0.717) is 0 Å². The molecule has 3 nitrogen and oxygen atoms in total. The molecule has 4 heteroatoms. The van der Waals surface area contributed by atoms with Crippen LogP contribution in [0.3, 0.4) is 0 Å². The van der Waals surface area contributed by atoms with Gasteiger partial charge in [0, 0.05) is 42.4 Å². The van der Waals surface area contributed by atoms with Crippen molar-refractivity contribution in [1.82, 2.24) is 4.90 Å². The summed E-state index contributed by atoms with van der Waals surface area (Å²) in [6.07, 6.45) is 2.27. The monoisotopic (exact) mass is 304 g/mol. The van der Waals surface area contributed by atoms with Crippen molar-refractivity contribution < 1.29 is 4.79 Å². The van der Waals surface area contributed by atoms with Gasteiger partial charge in [-0.15, -0.1) is 11.8 Å². The van der Waals surface area contributed by atoms with E-state index in [1.807, 2.05) is 22.7 Å². The zero-order valence-corrected chi connectivity index (χ0v) is 13.8. The van der Waals surface area contributed by atoms with Crippen LogP contribution in [-0.2, 0) is 0 Å². The average Bonchev–Trinajstić information content (AvgIpc) is 2.53. The Kier molecular flexibility index (Phi) is 4.43. The molecule has 0 N–H and O–H groups in total. The second-order valence-corrected chi connectivity index (χ2v) is 7.22. The Labute approximate surface area is 131 Å². The summed E-state index contributed by atoms with van der Waals surface area (Å²) >= 11 is 1.90. The van der Waals surface area contributed by atoms with Gasteiger partial charge in [0.05, 0.1) is 5.69 Å². The average molecular weight is 304 g/mol. The first-order valence-electron chi connectivity index (χ1n) is 8.00.